The molecule has 7 rings (SSSR count). The Morgan fingerprint density at radius 3 is 1.50 bits per heavy atom. The first-order chi connectivity index (χ1) is 31.9. The van der Waals surface area contributed by atoms with E-state index in [9.17, 15) is 61.8 Å². The number of hydrogen-bond acceptors (Lipinski definition) is 19. The molecule has 0 unspecified atom stereocenters. The van der Waals surface area contributed by atoms with Crippen molar-refractivity contribution in [3.8, 4) is 11.5 Å². The van der Waals surface area contributed by atoms with Crippen LogP contribution >= 0.6 is 0 Å². The lowest BCUT2D eigenvalue weighted by Gasteiger charge is -2.11. The Hall–Kier alpha value is -7.63. The van der Waals surface area contributed by atoms with Crippen molar-refractivity contribution in [1.29, 1.82) is 0 Å². The standard InChI is InChI=1S/C41H31N7O16S4/c1-2-39(49)64-16-15-63-24-5-3-23(4-6-24)43-44-33-11-13-35(30-19-25(65(51,52)53)7-9-27(30)33)46-45-34-12-14-36(31-20-26(66(54,55)56)8-10-28(31)34)47-48-40-38(68(60,61)62)18-22-17-37(67(57,58)59)32(42)21-29(22)41(40)50/h2-14,17-21,50H,1,15-16,42H2,(H,51,52,53)(H,54,55,56)(H,57,58,59)(H,60,61,62). The molecule has 0 bridgehead atoms. The van der Waals surface area contributed by atoms with Crippen molar-refractivity contribution in [1.82, 2.24) is 0 Å². The molecule has 0 amide bonds. The smallest absolute Gasteiger partial charge is 0.330 e. The fraction of sp³-hybridized carbons (Fsp3) is 0.0488. The minimum absolute atomic E-state index is 0.000212. The number of ether oxygens (including phenoxy) is 2. The van der Waals surface area contributed by atoms with Crippen LogP contribution in [0.4, 0.5) is 39.8 Å². The van der Waals surface area contributed by atoms with Gasteiger partial charge in [0.25, 0.3) is 40.5 Å². The molecule has 0 aromatic heterocycles. The van der Waals surface area contributed by atoms with Crippen LogP contribution in [-0.4, -0.2) is 76.2 Å². The van der Waals surface area contributed by atoms with Crippen LogP contribution in [0, 0.1) is 0 Å². The molecule has 0 aliphatic carbocycles. The zero-order valence-electron chi connectivity index (χ0n) is 34.1. The Balaban J connectivity index is 1.28. The largest absolute Gasteiger partial charge is 0.505 e. The van der Waals surface area contributed by atoms with Crippen molar-refractivity contribution in [2.75, 3.05) is 18.9 Å². The van der Waals surface area contributed by atoms with Crippen LogP contribution in [0.1, 0.15) is 0 Å². The number of benzene rings is 7. The zero-order valence-corrected chi connectivity index (χ0v) is 37.4. The van der Waals surface area contributed by atoms with Crippen LogP contribution in [0.2, 0.25) is 0 Å². The maximum absolute atomic E-state index is 12.5. The molecule has 7 aromatic carbocycles. The summed E-state index contributed by atoms with van der Waals surface area (Å²) in [6, 6.07) is 21.1. The number of phenols is 1. The Kier molecular flexibility index (Phi) is 13.2. The molecule has 350 valence electrons. The summed E-state index contributed by atoms with van der Waals surface area (Å²) >= 11 is 0. The van der Waals surface area contributed by atoms with Gasteiger partial charge in [0.05, 0.1) is 43.9 Å². The van der Waals surface area contributed by atoms with E-state index in [1.54, 1.807) is 24.3 Å². The predicted molar refractivity (Wildman–Crippen MR) is 243 cm³/mol. The molecule has 0 atom stereocenters. The molecule has 0 fully saturated rings. The number of carbonyl (C=O) groups is 1. The normalized spacial score (nSPS) is 12.8. The maximum atomic E-state index is 12.5. The summed E-state index contributed by atoms with van der Waals surface area (Å²) in [6.45, 7) is 3.39. The molecule has 7 N–H and O–H groups in total. The van der Waals surface area contributed by atoms with Gasteiger partial charge in [-0.25, -0.2) is 4.79 Å². The monoisotopic (exact) mass is 1010 g/mol. The van der Waals surface area contributed by atoms with Gasteiger partial charge in [0, 0.05) is 33.0 Å². The Bertz CT molecular complexity index is 3810. The molecule has 0 heterocycles. The molecule has 23 nitrogen and oxygen atoms in total. The minimum atomic E-state index is -5.24. The number of fused-ring (bicyclic) bond motifs is 3. The van der Waals surface area contributed by atoms with Crippen molar-refractivity contribution in [3.05, 3.63) is 116 Å². The molecule has 0 aliphatic heterocycles. The second-order valence-corrected chi connectivity index (χ2v) is 19.6. The Morgan fingerprint density at radius 1 is 0.544 bits per heavy atom. The number of rotatable bonds is 15. The summed E-state index contributed by atoms with van der Waals surface area (Å²) in [5.41, 5.74) is 4.83. The molecule has 0 spiro atoms. The summed E-state index contributed by atoms with van der Waals surface area (Å²) in [4.78, 5) is 8.18. The van der Waals surface area contributed by atoms with Gasteiger partial charge < -0.3 is 20.3 Å². The first-order valence-electron chi connectivity index (χ1n) is 18.8. The zero-order chi connectivity index (χ0) is 49.3. The third-order valence-electron chi connectivity index (χ3n) is 9.61. The van der Waals surface area contributed by atoms with E-state index in [-0.39, 0.29) is 62.9 Å². The molecule has 0 saturated heterocycles. The molecular formula is C41H31N7O16S4. The summed E-state index contributed by atoms with van der Waals surface area (Å²) in [7, 11) is -19.8. The van der Waals surface area contributed by atoms with Gasteiger partial charge in [-0.3, -0.25) is 18.2 Å². The summed E-state index contributed by atoms with van der Waals surface area (Å²) < 4.78 is 147. The average Bonchev–Trinajstić information content (AvgIpc) is 3.27. The van der Waals surface area contributed by atoms with E-state index in [1.807, 2.05) is 0 Å². The van der Waals surface area contributed by atoms with Gasteiger partial charge in [0.15, 0.2) is 5.75 Å². The summed E-state index contributed by atoms with van der Waals surface area (Å²) in [6.07, 6.45) is 1.03. The third-order valence-corrected chi connectivity index (χ3v) is 13.1. The maximum Gasteiger partial charge on any atom is 0.330 e. The number of esters is 1. The van der Waals surface area contributed by atoms with E-state index in [0.717, 1.165) is 48.5 Å². The van der Waals surface area contributed by atoms with E-state index >= 15 is 0 Å². The second-order valence-electron chi connectivity index (χ2n) is 14.0. The van der Waals surface area contributed by atoms with Crippen LogP contribution in [-0.2, 0) is 50.0 Å². The summed E-state index contributed by atoms with van der Waals surface area (Å²) in [5, 5.41) is 36.0. The van der Waals surface area contributed by atoms with Gasteiger partial charge in [0.2, 0.25) is 0 Å². The summed E-state index contributed by atoms with van der Waals surface area (Å²) in [5.74, 6) is -1.10. The highest BCUT2D eigenvalue weighted by Gasteiger charge is 2.25. The molecule has 0 saturated carbocycles. The molecule has 27 heteroatoms. The lowest BCUT2D eigenvalue weighted by atomic mass is 10.1. The predicted octanol–water partition coefficient (Wildman–Crippen LogP) is 8.78. The van der Waals surface area contributed by atoms with Crippen LogP contribution in [0.3, 0.4) is 0 Å². The topological polar surface area (TPSA) is 373 Å². The van der Waals surface area contributed by atoms with Crippen LogP contribution in [0.5, 0.6) is 11.5 Å². The van der Waals surface area contributed by atoms with Crippen LogP contribution in [0.25, 0.3) is 32.3 Å². The quantitative estimate of drug-likeness (QED) is 0.0139. The molecular weight excluding hydrogens is 975 g/mol. The van der Waals surface area contributed by atoms with Crippen molar-refractivity contribution >= 4 is 119 Å². The average molecular weight is 1010 g/mol. The number of nitrogens with zero attached hydrogens (tertiary/aromatic N) is 6. The van der Waals surface area contributed by atoms with Gasteiger partial charge in [-0.05, 0) is 96.4 Å². The lowest BCUT2D eigenvalue weighted by molar-refractivity contribution is -0.138. The fourth-order valence-electron chi connectivity index (χ4n) is 6.46. The van der Waals surface area contributed by atoms with Gasteiger partial charge in [-0.2, -0.15) is 38.8 Å². The highest BCUT2D eigenvalue weighted by Crippen LogP contribution is 2.45. The van der Waals surface area contributed by atoms with Gasteiger partial charge in [0.1, 0.15) is 34.4 Å². The van der Waals surface area contributed by atoms with E-state index < -0.39 is 83.1 Å². The van der Waals surface area contributed by atoms with Gasteiger partial charge in [-0.15, -0.1) is 25.6 Å². The fourth-order valence-corrected chi connectivity index (χ4v) is 8.77. The minimum Gasteiger partial charge on any atom is -0.505 e. The number of anilines is 1. The number of phenolic OH excluding ortho intramolecular Hbond substituents is 1. The van der Waals surface area contributed by atoms with E-state index in [0.29, 0.717) is 16.8 Å². The second kappa shape index (κ2) is 18.6. The number of nitrogens with two attached hydrogens (primary N) is 1. The molecule has 68 heavy (non-hydrogen) atoms. The SMILES string of the molecule is C=CC(=O)OCCOc1ccc(N=Nc2ccc(N=Nc3ccc(N=Nc4c(S(=O)(=O)O)cc5cc(S(=O)(=O)O)c(N)cc5c4O)c4cc(S(=O)(=O)O)ccc34)c3cc(S(=O)(=O)O)ccc23)cc1. The van der Waals surface area contributed by atoms with Crippen molar-refractivity contribution in [3.63, 3.8) is 0 Å². The Morgan fingerprint density at radius 2 is 1.01 bits per heavy atom. The number of nitrogen functional groups attached to an aromatic ring is 1. The number of hydrogen-bond donors (Lipinski definition) is 6. The van der Waals surface area contributed by atoms with Gasteiger partial charge in [-0.1, -0.05) is 18.7 Å². The number of carbonyl (C=O) groups excluding carboxylic acids is 1. The van der Waals surface area contributed by atoms with E-state index in [1.165, 1.54) is 36.4 Å². The van der Waals surface area contributed by atoms with Gasteiger partial charge >= 0.3 is 5.97 Å². The van der Waals surface area contributed by atoms with E-state index in [2.05, 4.69) is 37.3 Å². The van der Waals surface area contributed by atoms with Crippen LogP contribution < -0.4 is 10.5 Å². The number of aromatic hydroxyl groups is 1. The van der Waals surface area contributed by atoms with Crippen molar-refractivity contribution < 1.29 is 71.3 Å². The molecule has 0 radical (unpaired) electrons. The van der Waals surface area contributed by atoms with E-state index in [4.69, 9.17) is 15.2 Å². The van der Waals surface area contributed by atoms with Crippen molar-refractivity contribution in [2.45, 2.75) is 19.6 Å². The first kappa shape index (κ1) is 48.3. The lowest BCUT2D eigenvalue weighted by Crippen LogP contribution is -2.09. The highest BCUT2D eigenvalue weighted by atomic mass is 32.2. The highest BCUT2D eigenvalue weighted by molar-refractivity contribution is 7.86. The Labute approximate surface area is 384 Å². The van der Waals surface area contributed by atoms with Crippen molar-refractivity contribution in [2.24, 2.45) is 30.7 Å². The molecule has 7 aromatic rings. The molecule has 0 aliphatic rings. The first-order valence-corrected chi connectivity index (χ1v) is 24.6. The third kappa shape index (κ3) is 10.6. The number of azo groups is 3. The van der Waals surface area contributed by atoms with Crippen LogP contribution in [0.15, 0.2) is 166 Å².